The predicted octanol–water partition coefficient (Wildman–Crippen LogP) is 24.4. The molecule has 21 rings (SSSR count). The minimum atomic E-state index is -0.387. The van der Waals surface area contributed by atoms with Gasteiger partial charge in [0.05, 0.1) is 44.8 Å². The molecule has 18 aromatic rings. The molecule has 0 atom stereocenters. The summed E-state index contributed by atoms with van der Waals surface area (Å²) in [7, 11) is 0. The standard InChI is InChI=1S/C99H68BN5/c1-99(2)82-48-22-27-53-90(82)101(71-38-16-7-17-39-71)91-59-54-69(60-83(91)99)70-61-94-96-95(62-70)105(98-76(67-34-12-5-13-35-67)46-29-47-77(98)68-36-14-6-15-37-68)93-64-73(103-88-51-25-20-42-80(88)81-43-21-26-52-89(81)103)56-58-85(93)100(96)84-57-55-72(102-86-49-23-18-40-78(86)79-41-19-24-50-87(79)102)63-92(84)104(94)97-74(65-30-8-3-9-31-65)44-28-45-75(97)66-32-10-4-11-33-66/h3-64H,1-2H3. The van der Waals surface area contributed by atoms with E-state index in [0.29, 0.717) is 0 Å². The van der Waals surface area contributed by atoms with Gasteiger partial charge in [-0.05, 0) is 152 Å². The minimum absolute atomic E-state index is 0.271. The highest BCUT2D eigenvalue weighted by Gasteiger charge is 2.46. The molecule has 0 saturated carbocycles. The lowest BCUT2D eigenvalue weighted by molar-refractivity contribution is 0.632. The van der Waals surface area contributed by atoms with Crippen LogP contribution in [0.15, 0.2) is 376 Å². The monoisotopic (exact) mass is 1340 g/mol. The summed E-state index contributed by atoms with van der Waals surface area (Å²) in [6, 6.07) is 141. The quantitative estimate of drug-likeness (QED) is 0.127. The van der Waals surface area contributed by atoms with Crippen molar-refractivity contribution in [1.29, 1.82) is 0 Å². The van der Waals surface area contributed by atoms with Crippen LogP contribution in [0.5, 0.6) is 0 Å². The normalized spacial score (nSPS) is 13.2. The molecule has 492 valence electrons. The summed E-state index contributed by atoms with van der Waals surface area (Å²) < 4.78 is 4.99. The number of anilines is 9. The van der Waals surface area contributed by atoms with E-state index >= 15 is 0 Å². The zero-order valence-corrected chi connectivity index (χ0v) is 58.1. The van der Waals surface area contributed by atoms with E-state index in [0.717, 1.165) is 129 Å². The number of para-hydroxylation sites is 8. The number of hydrogen-bond acceptors (Lipinski definition) is 3. The van der Waals surface area contributed by atoms with E-state index in [1.54, 1.807) is 0 Å². The highest BCUT2D eigenvalue weighted by atomic mass is 15.2. The van der Waals surface area contributed by atoms with Crippen molar-refractivity contribution in [3.05, 3.63) is 387 Å². The van der Waals surface area contributed by atoms with E-state index in [2.05, 4.69) is 414 Å². The summed E-state index contributed by atoms with van der Waals surface area (Å²) in [5.41, 5.74) is 34.0. The third kappa shape index (κ3) is 9.29. The lowest BCUT2D eigenvalue weighted by atomic mass is 9.33. The summed E-state index contributed by atoms with van der Waals surface area (Å²) >= 11 is 0. The van der Waals surface area contributed by atoms with Gasteiger partial charge in [0.2, 0.25) is 0 Å². The van der Waals surface area contributed by atoms with Gasteiger partial charge in [0.1, 0.15) is 0 Å². The summed E-state index contributed by atoms with van der Waals surface area (Å²) in [4.78, 5) is 7.87. The minimum Gasteiger partial charge on any atom is -0.310 e. The van der Waals surface area contributed by atoms with Crippen molar-refractivity contribution in [2.75, 3.05) is 14.7 Å². The number of fused-ring (bicyclic) bond motifs is 12. The first-order valence-electron chi connectivity index (χ1n) is 36.5. The van der Waals surface area contributed by atoms with Crippen LogP contribution in [0.25, 0.3) is 111 Å². The third-order valence-corrected chi connectivity index (χ3v) is 22.7. The van der Waals surface area contributed by atoms with E-state index < -0.39 is 0 Å². The van der Waals surface area contributed by atoms with E-state index in [4.69, 9.17) is 0 Å². The van der Waals surface area contributed by atoms with Crippen LogP contribution in [-0.4, -0.2) is 15.8 Å². The van der Waals surface area contributed by atoms with Gasteiger partial charge < -0.3 is 23.8 Å². The van der Waals surface area contributed by atoms with Crippen molar-refractivity contribution in [1.82, 2.24) is 9.13 Å². The Balaban J connectivity index is 0.938. The SMILES string of the molecule is CC1(C)c2ccccc2N(c2ccccc2)c2ccc(-c3cc4c5c(c3)N(c3c(-c6ccccc6)cccc3-c3ccccc3)c3cc(-n6c7ccccc7c7ccccc76)ccc3B5c3ccc(-n5c6ccccc6c6ccccc65)cc3N4c3c(-c4ccccc4)cccc3-c3ccccc3)cc21. The molecular formula is C99H68BN5. The molecule has 6 heteroatoms. The summed E-state index contributed by atoms with van der Waals surface area (Å²) in [6.45, 7) is 4.55. The van der Waals surface area contributed by atoms with E-state index in [9.17, 15) is 0 Å². The average Bonchev–Trinajstić information content (AvgIpc) is 0.843. The van der Waals surface area contributed by atoms with Crippen molar-refractivity contribution in [2.45, 2.75) is 19.3 Å². The molecule has 0 amide bonds. The Kier molecular flexibility index (Phi) is 13.7. The van der Waals surface area contributed by atoms with Crippen molar-refractivity contribution in [3.63, 3.8) is 0 Å². The Morgan fingerprint density at radius 3 is 1.01 bits per heavy atom. The molecule has 0 bridgehead atoms. The van der Waals surface area contributed by atoms with Crippen LogP contribution in [-0.2, 0) is 5.41 Å². The maximum absolute atomic E-state index is 2.70. The van der Waals surface area contributed by atoms with Crippen LogP contribution in [0.2, 0.25) is 0 Å². The average molecular weight is 1340 g/mol. The molecule has 0 spiro atoms. The highest BCUT2D eigenvalue weighted by Crippen LogP contribution is 2.57. The Bertz CT molecular complexity index is 5980. The van der Waals surface area contributed by atoms with Gasteiger partial charge in [-0.15, -0.1) is 0 Å². The number of aromatic nitrogens is 2. The summed E-state index contributed by atoms with van der Waals surface area (Å²) in [5, 5.41) is 4.88. The molecule has 0 N–H and O–H groups in total. The van der Waals surface area contributed by atoms with Crippen LogP contribution in [0.1, 0.15) is 25.0 Å². The zero-order chi connectivity index (χ0) is 69.4. The zero-order valence-electron chi connectivity index (χ0n) is 58.1. The van der Waals surface area contributed by atoms with Crippen molar-refractivity contribution in [3.8, 4) is 67.0 Å². The van der Waals surface area contributed by atoms with Gasteiger partial charge in [0.15, 0.2) is 0 Å². The van der Waals surface area contributed by atoms with Gasteiger partial charge in [-0.25, -0.2) is 0 Å². The maximum atomic E-state index is 2.70. The highest BCUT2D eigenvalue weighted by molar-refractivity contribution is 7.00. The fourth-order valence-electron chi connectivity index (χ4n) is 18.0. The third-order valence-electron chi connectivity index (χ3n) is 22.7. The van der Waals surface area contributed by atoms with Gasteiger partial charge >= 0.3 is 0 Å². The molecule has 0 radical (unpaired) electrons. The van der Waals surface area contributed by atoms with Crippen LogP contribution in [0.4, 0.5) is 51.2 Å². The van der Waals surface area contributed by atoms with Gasteiger partial charge in [-0.1, -0.05) is 299 Å². The van der Waals surface area contributed by atoms with E-state index in [-0.39, 0.29) is 12.1 Å². The second-order valence-corrected chi connectivity index (χ2v) is 28.7. The number of rotatable bonds is 10. The Hall–Kier alpha value is -13.4. The topological polar surface area (TPSA) is 19.6 Å². The van der Waals surface area contributed by atoms with Crippen LogP contribution < -0.4 is 31.1 Å². The molecule has 0 aliphatic carbocycles. The second kappa shape index (κ2) is 23.9. The molecule has 2 aromatic heterocycles. The molecule has 16 aromatic carbocycles. The fourth-order valence-corrected chi connectivity index (χ4v) is 18.0. The van der Waals surface area contributed by atoms with Crippen molar-refractivity contribution in [2.24, 2.45) is 0 Å². The molecule has 0 saturated heterocycles. The lowest BCUT2D eigenvalue weighted by Crippen LogP contribution is -2.61. The fraction of sp³-hybridized carbons (Fsp3) is 0.0303. The van der Waals surface area contributed by atoms with Crippen molar-refractivity contribution < 1.29 is 0 Å². The molecule has 5 heterocycles. The number of nitrogens with zero attached hydrogens (tertiary/aromatic N) is 5. The van der Waals surface area contributed by atoms with Crippen LogP contribution in [0, 0.1) is 0 Å². The Morgan fingerprint density at radius 1 is 0.229 bits per heavy atom. The van der Waals surface area contributed by atoms with Crippen LogP contribution >= 0.6 is 0 Å². The Labute approximate surface area is 611 Å². The molecule has 3 aliphatic heterocycles. The van der Waals surface area contributed by atoms with E-state index in [1.807, 2.05) is 0 Å². The van der Waals surface area contributed by atoms with E-state index in [1.165, 1.54) is 60.4 Å². The molecule has 0 fully saturated rings. The van der Waals surface area contributed by atoms with Crippen LogP contribution in [0.3, 0.4) is 0 Å². The maximum Gasteiger partial charge on any atom is 0.252 e. The first-order chi connectivity index (χ1) is 51.9. The second-order valence-electron chi connectivity index (χ2n) is 28.7. The predicted molar refractivity (Wildman–Crippen MR) is 443 cm³/mol. The first kappa shape index (κ1) is 60.4. The molecule has 3 aliphatic rings. The van der Waals surface area contributed by atoms with Crippen molar-refractivity contribution >= 4 is 118 Å². The number of hydrogen-bond donors (Lipinski definition) is 0. The molecular weight excluding hydrogens is 1270 g/mol. The van der Waals surface area contributed by atoms with Gasteiger partial charge in [-0.2, -0.15) is 0 Å². The summed E-state index contributed by atoms with van der Waals surface area (Å²) in [6.07, 6.45) is 0. The lowest BCUT2D eigenvalue weighted by Gasteiger charge is -2.46. The Morgan fingerprint density at radius 2 is 0.590 bits per heavy atom. The van der Waals surface area contributed by atoms with Gasteiger partial charge in [0.25, 0.3) is 6.71 Å². The van der Waals surface area contributed by atoms with Gasteiger partial charge in [0, 0.05) is 89.0 Å². The summed E-state index contributed by atoms with van der Waals surface area (Å²) in [5.74, 6) is 0. The largest absolute Gasteiger partial charge is 0.310 e. The van der Waals surface area contributed by atoms with Gasteiger partial charge in [-0.3, -0.25) is 0 Å². The molecule has 105 heavy (non-hydrogen) atoms. The molecule has 0 unspecified atom stereocenters. The number of benzene rings is 16. The first-order valence-corrected chi connectivity index (χ1v) is 36.5. The smallest absolute Gasteiger partial charge is 0.252 e. The molecule has 5 nitrogen and oxygen atoms in total.